The Hall–Kier alpha value is -2.37. The van der Waals surface area contributed by atoms with Crippen molar-refractivity contribution in [3.05, 3.63) is 36.5 Å². The van der Waals surface area contributed by atoms with Crippen LogP contribution in [-0.2, 0) is 28.6 Å². The molecule has 0 saturated heterocycles. The smallest absolute Gasteiger partial charge is 0.306 e. The molecule has 0 aromatic heterocycles. The van der Waals surface area contributed by atoms with E-state index in [9.17, 15) is 14.4 Å². The number of hydrogen-bond acceptors (Lipinski definition) is 6. The first-order valence-electron chi connectivity index (χ1n) is 37.5. The molecule has 1 unspecified atom stereocenters. The molecule has 0 aromatic rings. The summed E-state index contributed by atoms with van der Waals surface area (Å²) in [6.45, 7) is 6.67. The minimum absolute atomic E-state index is 0.0728. The molecule has 0 aromatic carbocycles. The van der Waals surface area contributed by atoms with Gasteiger partial charge in [0, 0.05) is 19.3 Å². The molecule has 0 aliphatic rings. The lowest BCUT2D eigenvalue weighted by atomic mass is 10.0. The van der Waals surface area contributed by atoms with Gasteiger partial charge in [0.1, 0.15) is 13.2 Å². The molecule has 1 atom stereocenters. The van der Waals surface area contributed by atoms with Crippen LogP contribution in [-0.4, -0.2) is 37.2 Å². The summed E-state index contributed by atoms with van der Waals surface area (Å²) in [4.78, 5) is 38.5. The van der Waals surface area contributed by atoms with Crippen LogP contribution in [0.4, 0.5) is 0 Å². The lowest BCUT2D eigenvalue weighted by Gasteiger charge is -2.18. The van der Waals surface area contributed by atoms with Crippen molar-refractivity contribution in [3.63, 3.8) is 0 Å². The number of hydrogen-bond donors (Lipinski definition) is 0. The standard InChI is InChI=1S/C77H144O6/c1-4-7-10-13-16-19-22-25-28-30-32-34-35-36-37-38-39-40-41-42-44-45-47-49-52-55-58-61-64-67-70-76(79)82-73-74(72-81-75(78)69-66-63-60-57-54-51-27-24-21-18-15-12-9-6-3)83-77(80)71-68-65-62-59-56-53-50-48-46-43-33-31-29-26-23-20-17-14-11-8-5-2/h15,18,24,27,31,33,74H,4-14,16-17,19-23,25-26,28-30,32,34-73H2,1-3H3/b18-15-,27-24-,33-31-. The largest absolute Gasteiger partial charge is 0.462 e. The third-order valence-electron chi connectivity index (χ3n) is 17.1. The van der Waals surface area contributed by atoms with Gasteiger partial charge in [-0.1, -0.05) is 365 Å². The fraction of sp³-hybridized carbons (Fsp3) is 0.883. The van der Waals surface area contributed by atoms with E-state index in [0.717, 1.165) is 77.0 Å². The third kappa shape index (κ3) is 70.3. The van der Waals surface area contributed by atoms with Crippen LogP contribution in [0, 0.1) is 0 Å². The van der Waals surface area contributed by atoms with Crippen LogP contribution in [0.2, 0.25) is 0 Å². The molecule has 0 rings (SSSR count). The summed E-state index contributed by atoms with van der Waals surface area (Å²) in [5.74, 6) is -0.860. The molecule has 0 bridgehead atoms. The van der Waals surface area contributed by atoms with Crippen molar-refractivity contribution in [2.24, 2.45) is 0 Å². The molecule has 6 nitrogen and oxygen atoms in total. The Bertz CT molecular complexity index is 1380. The number of rotatable bonds is 70. The van der Waals surface area contributed by atoms with Crippen molar-refractivity contribution < 1.29 is 28.6 Å². The van der Waals surface area contributed by atoms with Gasteiger partial charge in [-0.15, -0.1) is 0 Å². The van der Waals surface area contributed by atoms with Crippen molar-refractivity contribution in [1.29, 1.82) is 0 Å². The van der Waals surface area contributed by atoms with E-state index in [2.05, 4.69) is 57.2 Å². The van der Waals surface area contributed by atoms with Gasteiger partial charge < -0.3 is 14.2 Å². The molecule has 0 saturated carbocycles. The van der Waals surface area contributed by atoms with Crippen molar-refractivity contribution in [1.82, 2.24) is 0 Å². The minimum atomic E-state index is -0.779. The van der Waals surface area contributed by atoms with Gasteiger partial charge in [-0.25, -0.2) is 0 Å². The average molecular weight is 1170 g/mol. The SMILES string of the molecule is CCCC/C=C\C/C=C\CCCCCCCC(=O)OCC(COC(=O)CCCCCCCCCCCCCCCCCCCCCCCCCCCCCCCC)OC(=O)CCCCCCCCCCC/C=C\CCCCCCCCCC. The fourth-order valence-electron chi connectivity index (χ4n) is 11.5. The Kier molecular flexibility index (Phi) is 70.0. The predicted molar refractivity (Wildman–Crippen MR) is 362 cm³/mol. The molecule has 0 fully saturated rings. The summed E-state index contributed by atoms with van der Waals surface area (Å²) in [5.41, 5.74) is 0. The van der Waals surface area contributed by atoms with E-state index < -0.39 is 6.10 Å². The number of esters is 3. The van der Waals surface area contributed by atoms with Crippen molar-refractivity contribution in [3.8, 4) is 0 Å². The first-order chi connectivity index (χ1) is 41.0. The van der Waals surface area contributed by atoms with E-state index in [-0.39, 0.29) is 31.1 Å². The van der Waals surface area contributed by atoms with Crippen LogP contribution < -0.4 is 0 Å². The maximum Gasteiger partial charge on any atom is 0.306 e. The van der Waals surface area contributed by atoms with Crippen molar-refractivity contribution >= 4 is 17.9 Å². The summed E-state index contributed by atoms with van der Waals surface area (Å²) in [5, 5.41) is 0. The topological polar surface area (TPSA) is 78.9 Å². The lowest BCUT2D eigenvalue weighted by molar-refractivity contribution is -0.167. The highest BCUT2D eigenvalue weighted by molar-refractivity contribution is 5.71. The molecule has 0 amide bonds. The van der Waals surface area contributed by atoms with E-state index in [0.29, 0.717) is 19.3 Å². The maximum atomic E-state index is 13.0. The maximum absolute atomic E-state index is 13.0. The highest BCUT2D eigenvalue weighted by atomic mass is 16.6. The monoisotopic (exact) mass is 1170 g/mol. The second-order valence-corrected chi connectivity index (χ2v) is 25.6. The second kappa shape index (κ2) is 72.1. The molecule has 0 spiro atoms. The van der Waals surface area contributed by atoms with Gasteiger partial charge in [0.2, 0.25) is 0 Å². The van der Waals surface area contributed by atoms with E-state index in [1.165, 1.54) is 302 Å². The van der Waals surface area contributed by atoms with Crippen molar-refractivity contribution in [2.45, 2.75) is 425 Å². The van der Waals surface area contributed by atoms with Crippen LogP contribution in [0.1, 0.15) is 419 Å². The zero-order chi connectivity index (χ0) is 59.9. The van der Waals surface area contributed by atoms with Crippen LogP contribution in [0.25, 0.3) is 0 Å². The second-order valence-electron chi connectivity index (χ2n) is 25.6. The zero-order valence-corrected chi connectivity index (χ0v) is 56.2. The predicted octanol–water partition coefficient (Wildman–Crippen LogP) is 25.9. The first kappa shape index (κ1) is 80.6. The molecule has 0 N–H and O–H groups in total. The van der Waals surface area contributed by atoms with Crippen LogP contribution in [0.3, 0.4) is 0 Å². The van der Waals surface area contributed by atoms with Crippen LogP contribution in [0.5, 0.6) is 0 Å². The molecule has 83 heavy (non-hydrogen) atoms. The number of unbranched alkanes of at least 4 members (excludes halogenated alkanes) is 53. The summed E-state index contributed by atoms with van der Waals surface area (Å²) in [7, 11) is 0. The lowest BCUT2D eigenvalue weighted by Crippen LogP contribution is -2.30. The normalized spacial score (nSPS) is 12.2. The molecule has 0 aliphatic carbocycles. The highest BCUT2D eigenvalue weighted by Gasteiger charge is 2.20. The summed E-state index contributed by atoms with van der Waals surface area (Å²) in [6.07, 6.45) is 90.6. The number of carbonyl (C=O) groups excluding carboxylic acids is 3. The van der Waals surface area contributed by atoms with Crippen LogP contribution in [0.15, 0.2) is 36.5 Å². The molecule has 6 heteroatoms. The summed E-state index contributed by atoms with van der Waals surface area (Å²) in [6, 6.07) is 0. The quantitative estimate of drug-likeness (QED) is 0.0261. The molecule has 488 valence electrons. The number of carbonyl (C=O) groups is 3. The van der Waals surface area contributed by atoms with E-state index in [1.54, 1.807) is 0 Å². The molecule has 0 heterocycles. The van der Waals surface area contributed by atoms with E-state index in [4.69, 9.17) is 14.2 Å². The Morgan fingerprint density at radius 3 is 0.711 bits per heavy atom. The summed E-state index contributed by atoms with van der Waals surface area (Å²) < 4.78 is 17.0. The minimum Gasteiger partial charge on any atom is -0.462 e. The fourth-order valence-corrected chi connectivity index (χ4v) is 11.5. The van der Waals surface area contributed by atoms with Gasteiger partial charge in [-0.2, -0.15) is 0 Å². The van der Waals surface area contributed by atoms with Gasteiger partial charge in [0.15, 0.2) is 6.10 Å². The Morgan fingerprint density at radius 2 is 0.446 bits per heavy atom. The van der Waals surface area contributed by atoms with Gasteiger partial charge in [-0.3, -0.25) is 14.4 Å². The Balaban J connectivity index is 4.18. The number of allylic oxidation sites excluding steroid dienone is 6. The molecule has 0 radical (unpaired) electrons. The number of ether oxygens (including phenoxy) is 3. The molecular weight excluding hydrogens is 1020 g/mol. The first-order valence-corrected chi connectivity index (χ1v) is 37.5. The third-order valence-corrected chi connectivity index (χ3v) is 17.1. The molecule has 0 aliphatic heterocycles. The Morgan fingerprint density at radius 1 is 0.241 bits per heavy atom. The summed E-state index contributed by atoms with van der Waals surface area (Å²) >= 11 is 0. The van der Waals surface area contributed by atoms with E-state index >= 15 is 0 Å². The van der Waals surface area contributed by atoms with Crippen LogP contribution >= 0.6 is 0 Å². The molecular formula is C77H144O6. The van der Waals surface area contributed by atoms with Crippen molar-refractivity contribution in [2.75, 3.05) is 13.2 Å². The van der Waals surface area contributed by atoms with Gasteiger partial charge in [-0.05, 0) is 70.6 Å². The van der Waals surface area contributed by atoms with E-state index in [1.807, 2.05) is 0 Å². The Labute approximate surface area is 518 Å². The van der Waals surface area contributed by atoms with Gasteiger partial charge in [0.25, 0.3) is 0 Å². The highest BCUT2D eigenvalue weighted by Crippen LogP contribution is 2.19. The van der Waals surface area contributed by atoms with Gasteiger partial charge >= 0.3 is 17.9 Å². The zero-order valence-electron chi connectivity index (χ0n) is 56.2. The van der Waals surface area contributed by atoms with Gasteiger partial charge in [0.05, 0.1) is 0 Å². The average Bonchev–Trinajstić information content (AvgIpc) is 3.50.